The zero-order valence-electron chi connectivity index (χ0n) is 8.47. The molecule has 2 atom stereocenters. The maximum atomic E-state index is 11.5. The van der Waals surface area contributed by atoms with E-state index < -0.39 is 24.1 Å². The Labute approximate surface area is 91.8 Å². The number of carbonyl (C=O) groups excluding carboxylic acids is 2. The van der Waals surface area contributed by atoms with E-state index in [1.165, 1.54) is 25.3 Å². The molecule has 0 radical (unpaired) electrons. The van der Waals surface area contributed by atoms with Crippen LogP contribution in [-0.2, 0) is 14.3 Å². The Balaban J connectivity index is 2.77. The molecular formula is C10H9N2O4-. The number of allylic oxidation sites excluding steroid dienone is 2. The van der Waals surface area contributed by atoms with Crippen LogP contribution in [0.15, 0.2) is 23.9 Å². The molecule has 16 heavy (non-hydrogen) atoms. The molecule has 1 aliphatic rings. The lowest BCUT2D eigenvalue weighted by Gasteiger charge is -2.22. The Morgan fingerprint density at radius 1 is 1.69 bits per heavy atom. The SMILES string of the molecule is CC(C#N)OC(=O)C1NC=CC=C1C(=O)[O-]. The van der Waals surface area contributed by atoms with Crippen molar-refractivity contribution in [2.24, 2.45) is 0 Å². The van der Waals surface area contributed by atoms with E-state index in [4.69, 9.17) is 10.00 Å². The van der Waals surface area contributed by atoms with Crippen LogP contribution in [0.4, 0.5) is 0 Å². The third-order valence-corrected chi connectivity index (χ3v) is 1.89. The summed E-state index contributed by atoms with van der Waals surface area (Å²) in [5.74, 6) is -2.28. The lowest BCUT2D eigenvalue weighted by molar-refractivity contribution is -0.299. The van der Waals surface area contributed by atoms with Gasteiger partial charge in [-0.1, -0.05) is 6.08 Å². The fourth-order valence-electron chi connectivity index (χ4n) is 1.14. The number of nitrogens with one attached hydrogen (secondary N) is 1. The van der Waals surface area contributed by atoms with Gasteiger partial charge in [0.25, 0.3) is 0 Å². The van der Waals surface area contributed by atoms with Gasteiger partial charge < -0.3 is 20.0 Å². The molecule has 1 rings (SSSR count). The van der Waals surface area contributed by atoms with Gasteiger partial charge in [-0.25, -0.2) is 4.79 Å². The minimum Gasteiger partial charge on any atom is -0.545 e. The van der Waals surface area contributed by atoms with Crippen LogP contribution in [0.5, 0.6) is 0 Å². The van der Waals surface area contributed by atoms with Crippen molar-refractivity contribution < 1.29 is 19.4 Å². The average Bonchev–Trinajstić information content (AvgIpc) is 2.28. The van der Waals surface area contributed by atoms with Crippen LogP contribution in [0.1, 0.15) is 6.92 Å². The number of ether oxygens (including phenoxy) is 1. The standard InChI is InChI=1S/C10H10N2O4/c1-6(5-11)16-10(15)8-7(9(13)14)3-2-4-12-8/h2-4,6,8,12H,1H3,(H,13,14)/p-1. The largest absolute Gasteiger partial charge is 0.545 e. The van der Waals surface area contributed by atoms with Crippen LogP contribution in [0.25, 0.3) is 0 Å². The zero-order valence-corrected chi connectivity index (χ0v) is 8.47. The topological polar surface area (TPSA) is 102 Å². The number of hydrogen-bond acceptors (Lipinski definition) is 6. The first-order valence-corrected chi connectivity index (χ1v) is 4.50. The number of rotatable bonds is 3. The number of carboxylic acids is 1. The van der Waals surface area contributed by atoms with Crippen molar-refractivity contribution in [3.05, 3.63) is 23.9 Å². The monoisotopic (exact) mass is 221 g/mol. The minimum atomic E-state index is -1.46. The van der Waals surface area contributed by atoms with Crippen LogP contribution in [-0.4, -0.2) is 24.1 Å². The Morgan fingerprint density at radius 3 is 2.94 bits per heavy atom. The Hall–Kier alpha value is -2.29. The van der Waals surface area contributed by atoms with Gasteiger partial charge in [-0.3, -0.25) is 0 Å². The summed E-state index contributed by atoms with van der Waals surface area (Å²) >= 11 is 0. The highest BCUT2D eigenvalue weighted by Crippen LogP contribution is 2.09. The van der Waals surface area contributed by atoms with Gasteiger partial charge in [0.15, 0.2) is 12.1 Å². The third kappa shape index (κ3) is 2.60. The first-order chi connectivity index (χ1) is 7.56. The number of hydrogen-bond donors (Lipinski definition) is 1. The van der Waals surface area contributed by atoms with Crippen molar-refractivity contribution in [3.8, 4) is 6.07 Å². The molecule has 0 fully saturated rings. The van der Waals surface area contributed by atoms with E-state index in [2.05, 4.69) is 5.32 Å². The molecule has 1 aliphatic heterocycles. The van der Waals surface area contributed by atoms with E-state index in [-0.39, 0.29) is 5.57 Å². The number of dihydropyridines is 1. The first kappa shape index (κ1) is 11.8. The maximum absolute atomic E-state index is 11.5. The predicted molar refractivity (Wildman–Crippen MR) is 50.3 cm³/mol. The Morgan fingerprint density at radius 2 is 2.38 bits per heavy atom. The van der Waals surface area contributed by atoms with Crippen LogP contribution in [0, 0.1) is 11.3 Å². The summed E-state index contributed by atoms with van der Waals surface area (Å²) < 4.78 is 4.69. The van der Waals surface area contributed by atoms with Crippen molar-refractivity contribution in [3.63, 3.8) is 0 Å². The fraction of sp³-hybridized carbons (Fsp3) is 0.300. The first-order valence-electron chi connectivity index (χ1n) is 4.50. The molecule has 6 heteroatoms. The summed E-state index contributed by atoms with van der Waals surface area (Å²) in [4.78, 5) is 22.2. The maximum Gasteiger partial charge on any atom is 0.334 e. The molecule has 0 spiro atoms. The normalized spacial score (nSPS) is 20.0. The highest BCUT2D eigenvalue weighted by atomic mass is 16.5. The molecule has 1 heterocycles. The summed E-state index contributed by atoms with van der Waals surface area (Å²) in [6.07, 6.45) is 3.16. The van der Waals surface area contributed by atoms with E-state index in [1.807, 2.05) is 0 Å². The van der Waals surface area contributed by atoms with Crippen molar-refractivity contribution in [2.45, 2.75) is 19.1 Å². The van der Waals surface area contributed by atoms with E-state index in [9.17, 15) is 14.7 Å². The molecule has 0 saturated carbocycles. The summed E-state index contributed by atoms with van der Waals surface area (Å²) in [6.45, 7) is 1.39. The second-order valence-corrected chi connectivity index (χ2v) is 3.08. The molecule has 0 aliphatic carbocycles. The van der Waals surface area contributed by atoms with Gasteiger partial charge in [-0.15, -0.1) is 0 Å². The molecule has 1 N–H and O–H groups in total. The van der Waals surface area contributed by atoms with Crippen molar-refractivity contribution in [1.82, 2.24) is 5.32 Å². The second kappa shape index (κ2) is 4.98. The predicted octanol–water partition coefficient (Wildman–Crippen LogP) is -1.40. The van der Waals surface area contributed by atoms with E-state index in [1.54, 1.807) is 6.07 Å². The van der Waals surface area contributed by atoms with Gasteiger partial charge in [-0.2, -0.15) is 5.26 Å². The highest BCUT2D eigenvalue weighted by molar-refractivity contribution is 5.96. The number of carbonyl (C=O) groups is 2. The van der Waals surface area contributed by atoms with E-state index in [0.717, 1.165) is 0 Å². The molecule has 0 amide bonds. The molecule has 6 nitrogen and oxygen atoms in total. The van der Waals surface area contributed by atoms with Gasteiger partial charge in [0.1, 0.15) is 6.07 Å². The quantitative estimate of drug-likeness (QED) is 0.588. The molecule has 0 aromatic carbocycles. The lowest BCUT2D eigenvalue weighted by atomic mass is 10.1. The van der Waals surface area contributed by atoms with Crippen molar-refractivity contribution in [2.75, 3.05) is 0 Å². The third-order valence-electron chi connectivity index (χ3n) is 1.89. The van der Waals surface area contributed by atoms with Gasteiger partial charge in [0, 0.05) is 5.57 Å². The summed E-state index contributed by atoms with van der Waals surface area (Å²) in [6, 6.07) is 0.574. The van der Waals surface area contributed by atoms with E-state index in [0.29, 0.717) is 0 Å². The molecule has 0 aromatic rings. The minimum absolute atomic E-state index is 0.224. The van der Waals surface area contributed by atoms with E-state index >= 15 is 0 Å². The number of esters is 1. The van der Waals surface area contributed by atoms with Crippen molar-refractivity contribution in [1.29, 1.82) is 5.26 Å². The van der Waals surface area contributed by atoms with Gasteiger partial charge >= 0.3 is 5.97 Å². The summed E-state index contributed by atoms with van der Waals surface area (Å²) in [5, 5.41) is 21.7. The molecule has 0 saturated heterocycles. The average molecular weight is 221 g/mol. The molecular weight excluding hydrogens is 212 g/mol. The van der Waals surface area contributed by atoms with Gasteiger partial charge in [0.2, 0.25) is 0 Å². The Kier molecular flexibility index (Phi) is 3.67. The van der Waals surface area contributed by atoms with Gasteiger partial charge in [0.05, 0.1) is 5.97 Å². The molecule has 2 unspecified atom stereocenters. The second-order valence-electron chi connectivity index (χ2n) is 3.08. The summed E-state index contributed by atoms with van der Waals surface area (Å²) in [7, 11) is 0. The molecule has 0 bridgehead atoms. The fourth-order valence-corrected chi connectivity index (χ4v) is 1.14. The van der Waals surface area contributed by atoms with Crippen LogP contribution in [0.3, 0.4) is 0 Å². The van der Waals surface area contributed by atoms with Crippen LogP contribution >= 0.6 is 0 Å². The smallest absolute Gasteiger partial charge is 0.334 e. The zero-order chi connectivity index (χ0) is 12.1. The number of carboxylic acid groups (broad SMARTS) is 1. The van der Waals surface area contributed by atoms with Crippen LogP contribution < -0.4 is 10.4 Å². The van der Waals surface area contributed by atoms with Gasteiger partial charge in [-0.05, 0) is 19.2 Å². The number of nitrogens with zero attached hydrogens (tertiary/aromatic N) is 1. The van der Waals surface area contributed by atoms with Crippen LogP contribution in [0.2, 0.25) is 0 Å². The summed E-state index contributed by atoms with van der Waals surface area (Å²) in [5.41, 5.74) is -0.224. The number of aliphatic carboxylic acids is 1. The lowest BCUT2D eigenvalue weighted by Crippen LogP contribution is -2.44. The highest BCUT2D eigenvalue weighted by Gasteiger charge is 2.26. The molecule has 84 valence electrons. The van der Waals surface area contributed by atoms with Crippen molar-refractivity contribution >= 4 is 11.9 Å². The molecule has 0 aromatic heterocycles. The Bertz CT molecular complexity index is 406. The number of nitriles is 1.